The minimum Gasteiger partial charge on any atom is -0.394 e. The molecule has 21 nitrogen and oxygen atoms in total. The van der Waals surface area contributed by atoms with E-state index >= 15 is 0 Å². The zero-order valence-corrected chi connectivity index (χ0v) is 31.9. The van der Waals surface area contributed by atoms with Crippen LogP contribution >= 0.6 is 0 Å². The zero-order valence-electron chi connectivity index (χ0n) is 31.9. The number of hydrogen-bond donors (Lipinski definition) is 10. The SMILES string of the molecule is CCC(CO)OCC(O)COCC(COCC(COCC(O)COCC(O)COCC(O)CO)OC(CO)COCC(O)CO)OCC1COC(CO)CO1. The molecule has 11 unspecified atom stereocenters. The van der Waals surface area contributed by atoms with E-state index in [-0.39, 0.29) is 119 Å². The van der Waals surface area contributed by atoms with Gasteiger partial charge in [-0.25, -0.2) is 0 Å². The van der Waals surface area contributed by atoms with Gasteiger partial charge in [0, 0.05) is 0 Å². The van der Waals surface area contributed by atoms with Crippen molar-refractivity contribution in [1.29, 1.82) is 0 Å². The van der Waals surface area contributed by atoms with Crippen molar-refractivity contribution in [2.24, 2.45) is 0 Å². The van der Waals surface area contributed by atoms with Crippen molar-refractivity contribution in [1.82, 2.24) is 0 Å². The van der Waals surface area contributed by atoms with Gasteiger partial charge in [-0.05, 0) is 6.42 Å². The molecule has 1 saturated heterocycles. The summed E-state index contributed by atoms with van der Waals surface area (Å²) in [5.74, 6) is 0. The van der Waals surface area contributed by atoms with Gasteiger partial charge in [-0.3, -0.25) is 0 Å². The van der Waals surface area contributed by atoms with Gasteiger partial charge in [-0.1, -0.05) is 6.92 Å². The second-order valence-corrected chi connectivity index (χ2v) is 13.0. The third-order valence-corrected chi connectivity index (χ3v) is 7.64. The van der Waals surface area contributed by atoms with Crippen LogP contribution in [0.15, 0.2) is 0 Å². The molecule has 0 aromatic heterocycles. The molecular weight excluding hydrogens is 744 g/mol. The lowest BCUT2D eigenvalue weighted by molar-refractivity contribution is -0.177. The molecule has 55 heavy (non-hydrogen) atoms. The van der Waals surface area contributed by atoms with Gasteiger partial charge in [0.1, 0.15) is 61.0 Å². The second kappa shape index (κ2) is 34.1. The normalized spacial score (nSPS) is 21.4. The van der Waals surface area contributed by atoms with Crippen molar-refractivity contribution in [2.75, 3.05) is 139 Å². The highest BCUT2D eigenvalue weighted by atomic mass is 16.6. The summed E-state index contributed by atoms with van der Waals surface area (Å²) < 4.78 is 61.6. The average Bonchev–Trinajstić information content (AvgIpc) is 3.19. The van der Waals surface area contributed by atoms with Crippen LogP contribution in [0.25, 0.3) is 0 Å². The summed E-state index contributed by atoms with van der Waals surface area (Å²) in [4.78, 5) is 0. The molecule has 11 atom stereocenters. The molecular formula is C34H68O21. The first-order valence-electron chi connectivity index (χ1n) is 18.6. The van der Waals surface area contributed by atoms with E-state index in [0.717, 1.165) is 0 Å². The van der Waals surface area contributed by atoms with Gasteiger partial charge in [-0.15, -0.1) is 0 Å². The lowest BCUT2D eigenvalue weighted by Gasteiger charge is -2.30. The second-order valence-electron chi connectivity index (χ2n) is 13.0. The van der Waals surface area contributed by atoms with Crippen molar-refractivity contribution < 1.29 is 103 Å². The Balaban J connectivity index is 2.73. The first-order chi connectivity index (χ1) is 26.6. The summed E-state index contributed by atoms with van der Waals surface area (Å²) in [6.45, 7) is -0.933. The smallest absolute Gasteiger partial charge is 0.105 e. The van der Waals surface area contributed by atoms with Gasteiger partial charge in [-0.2, -0.15) is 0 Å². The Morgan fingerprint density at radius 3 is 1.27 bits per heavy atom. The van der Waals surface area contributed by atoms with Crippen LogP contribution in [0.5, 0.6) is 0 Å². The lowest BCUT2D eigenvalue weighted by Crippen LogP contribution is -2.41. The van der Waals surface area contributed by atoms with Crippen molar-refractivity contribution in [3.05, 3.63) is 0 Å². The highest BCUT2D eigenvalue weighted by Gasteiger charge is 2.25. The van der Waals surface area contributed by atoms with Crippen LogP contribution < -0.4 is 0 Å². The van der Waals surface area contributed by atoms with Crippen LogP contribution in [0, 0.1) is 0 Å². The van der Waals surface area contributed by atoms with E-state index in [4.69, 9.17) is 62.3 Å². The third kappa shape index (κ3) is 27.5. The maximum Gasteiger partial charge on any atom is 0.105 e. The molecule has 0 saturated carbocycles. The molecule has 1 heterocycles. The Hall–Kier alpha value is -0.840. The molecule has 0 spiro atoms. The summed E-state index contributed by atoms with van der Waals surface area (Å²) in [5, 5.41) is 95.7. The van der Waals surface area contributed by atoms with E-state index in [0.29, 0.717) is 6.42 Å². The largest absolute Gasteiger partial charge is 0.394 e. The van der Waals surface area contributed by atoms with Crippen molar-refractivity contribution in [3.63, 3.8) is 0 Å². The van der Waals surface area contributed by atoms with Gasteiger partial charge in [0.2, 0.25) is 0 Å². The molecule has 0 aromatic rings. The maximum atomic E-state index is 10.3. The summed E-state index contributed by atoms with van der Waals surface area (Å²) in [5.41, 5.74) is 0. The fourth-order valence-electron chi connectivity index (χ4n) is 4.52. The molecule has 1 rings (SSSR count). The number of ether oxygens (including phenoxy) is 11. The molecule has 0 amide bonds. The first kappa shape index (κ1) is 52.2. The molecule has 330 valence electrons. The van der Waals surface area contributed by atoms with E-state index in [2.05, 4.69) is 0 Å². The van der Waals surface area contributed by atoms with Crippen molar-refractivity contribution in [2.45, 2.75) is 80.5 Å². The number of aliphatic hydroxyl groups excluding tert-OH is 10. The molecule has 1 aliphatic heterocycles. The van der Waals surface area contributed by atoms with E-state index in [1.165, 1.54) is 0 Å². The van der Waals surface area contributed by atoms with Crippen molar-refractivity contribution >= 4 is 0 Å². The summed E-state index contributed by atoms with van der Waals surface area (Å²) in [7, 11) is 0. The van der Waals surface area contributed by atoms with Crippen LogP contribution in [-0.2, 0) is 52.1 Å². The fourth-order valence-corrected chi connectivity index (χ4v) is 4.52. The average molecular weight is 813 g/mol. The first-order valence-corrected chi connectivity index (χ1v) is 18.6. The van der Waals surface area contributed by atoms with E-state index in [1.807, 2.05) is 6.92 Å². The van der Waals surface area contributed by atoms with Gasteiger partial charge in [0.25, 0.3) is 0 Å². The zero-order chi connectivity index (χ0) is 40.7. The van der Waals surface area contributed by atoms with Gasteiger partial charge in [0.05, 0.1) is 145 Å². The van der Waals surface area contributed by atoms with E-state index < -0.39 is 87.0 Å². The molecule has 10 N–H and O–H groups in total. The Morgan fingerprint density at radius 2 is 0.836 bits per heavy atom. The molecule has 1 fully saturated rings. The molecule has 0 bridgehead atoms. The summed E-state index contributed by atoms with van der Waals surface area (Å²) in [6, 6.07) is 0. The van der Waals surface area contributed by atoms with Gasteiger partial charge >= 0.3 is 0 Å². The standard InChI is InChI=1S/C34H68O21/c1-2-29(5-37)51-15-28(44)14-48-17-32(54-23-33-22-52-30(6-38)21-53-33)18-50-20-34(55-31(7-39)16-47-9-25(41)4-36)19-49-13-27(43)12-46-11-26(42)10-45-8-24(40)3-35/h24-44H,2-23H2,1H3. The van der Waals surface area contributed by atoms with Crippen LogP contribution in [0.2, 0.25) is 0 Å². The van der Waals surface area contributed by atoms with E-state index in [9.17, 15) is 40.9 Å². The highest BCUT2D eigenvalue weighted by molar-refractivity contribution is 4.70. The monoisotopic (exact) mass is 812 g/mol. The summed E-state index contributed by atoms with van der Waals surface area (Å²) >= 11 is 0. The maximum absolute atomic E-state index is 10.3. The van der Waals surface area contributed by atoms with Gasteiger partial charge in [0.15, 0.2) is 0 Å². The van der Waals surface area contributed by atoms with E-state index in [1.54, 1.807) is 0 Å². The predicted molar refractivity (Wildman–Crippen MR) is 188 cm³/mol. The molecule has 1 aliphatic rings. The Kier molecular flexibility index (Phi) is 32.3. The van der Waals surface area contributed by atoms with Crippen LogP contribution in [0.3, 0.4) is 0 Å². The molecule has 21 heteroatoms. The minimum atomic E-state index is -1.11. The highest BCUT2D eigenvalue weighted by Crippen LogP contribution is 2.10. The Bertz CT molecular complexity index is 839. The van der Waals surface area contributed by atoms with Crippen LogP contribution in [0.1, 0.15) is 13.3 Å². The Labute approximate surface area is 322 Å². The van der Waals surface area contributed by atoms with Crippen molar-refractivity contribution in [3.8, 4) is 0 Å². The molecule has 0 aromatic carbocycles. The molecule has 0 aliphatic carbocycles. The van der Waals surface area contributed by atoms with Gasteiger partial charge < -0.3 is 103 Å². The number of hydrogen-bond acceptors (Lipinski definition) is 21. The molecule has 0 radical (unpaired) electrons. The number of aliphatic hydroxyl groups is 10. The fraction of sp³-hybridized carbons (Fsp3) is 1.00. The quantitative estimate of drug-likeness (QED) is 0.0278. The summed E-state index contributed by atoms with van der Waals surface area (Å²) in [6.07, 6.45) is -8.24. The Morgan fingerprint density at radius 1 is 0.436 bits per heavy atom. The van der Waals surface area contributed by atoms with Crippen LogP contribution in [0.4, 0.5) is 0 Å². The third-order valence-electron chi connectivity index (χ3n) is 7.64. The topological polar surface area (TPSA) is 304 Å². The minimum absolute atomic E-state index is 0.00104. The van der Waals surface area contributed by atoms with Crippen LogP contribution in [-0.4, -0.2) is 257 Å². The predicted octanol–water partition coefficient (Wildman–Crippen LogP) is -5.43. The number of rotatable bonds is 38. The lowest BCUT2D eigenvalue weighted by atomic mass is 10.3.